The molecule has 1 aliphatic rings. The van der Waals surface area contributed by atoms with Crippen LogP contribution in [0.25, 0.3) is 0 Å². The van der Waals surface area contributed by atoms with E-state index < -0.39 is 0 Å². The number of thioether (sulfide) groups is 1. The van der Waals surface area contributed by atoms with E-state index in [0.717, 1.165) is 43.3 Å². The van der Waals surface area contributed by atoms with Crippen molar-refractivity contribution in [2.24, 2.45) is 4.99 Å². The maximum atomic E-state index is 12.4. The summed E-state index contributed by atoms with van der Waals surface area (Å²) in [6, 6.07) is 18.0. The molecular formula is C23H31IN4O2S. The van der Waals surface area contributed by atoms with Crippen LogP contribution in [0.4, 0.5) is 0 Å². The fourth-order valence-corrected chi connectivity index (χ4v) is 3.99. The fraction of sp³-hybridized carbons (Fsp3) is 0.391. The van der Waals surface area contributed by atoms with Crippen molar-refractivity contribution in [1.82, 2.24) is 16.0 Å². The number of nitrogens with one attached hydrogen (secondary N) is 3. The normalized spacial score (nSPS) is 15.8. The van der Waals surface area contributed by atoms with Gasteiger partial charge in [0.2, 0.25) is 0 Å². The van der Waals surface area contributed by atoms with Crippen LogP contribution >= 0.6 is 35.7 Å². The number of benzene rings is 2. The standard InChI is InChI=1S/C23H30N4O2S.HI/c1-24-23(25-12-14-30-21-10-3-2-4-11-21)27-16-18-7-5-8-19(15-18)22(28)26-17-20-9-6-13-29-20;/h2-5,7-8,10-11,15,20H,6,9,12-14,16-17H2,1H3,(H,26,28)(H2,24,25,27);1H. The second kappa shape index (κ2) is 14.3. The highest BCUT2D eigenvalue weighted by atomic mass is 127. The van der Waals surface area contributed by atoms with Gasteiger partial charge in [0.25, 0.3) is 5.91 Å². The summed E-state index contributed by atoms with van der Waals surface area (Å²) in [6.07, 6.45) is 2.23. The molecule has 0 bridgehead atoms. The van der Waals surface area contributed by atoms with Crippen LogP contribution in [0.1, 0.15) is 28.8 Å². The van der Waals surface area contributed by atoms with Crippen molar-refractivity contribution in [3.63, 3.8) is 0 Å². The zero-order valence-corrected chi connectivity index (χ0v) is 21.0. The van der Waals surface area contributed by atoms with Gasteiger partial charge >= 0.3 is 0 Å². The molecular weight excluding hydrogens is 523 g/mol. The average molecular weight is 554 g/mol. The molecule has 2 aromatic rings. The number of hydrogen-bond donors (Lipinski definition) is 3. The molecule has 1 heterocycles. The number of nitrogens with zero attached hydrogens (tertiary/aromatic N) is 1. The largest absolute Gasteiger partial charge is 0.376 e. The Hall–Kier alpha value is -1.78. The monoisotopic (exact) mass is 554 g/mol. The van der Waals surface area contributed by atoms with Gasteiger partial charge in [-0.25, -0.2) is 0 Å². The molecule has 0 aromatic heterocycles. The maximum absolute atomic E-state index is 12.4. The first kappa shape index (κ1) is 25.5. The Morgan fingerprint density at radius 2 is 1.97 bits per heavy atom. The van der Waals surface area contributed by atoms with Crippen LogP contribution in [-0.4, -0.2) is 50.5 Å². The molecule has 0 spiro atoms. The number of rotatable bonds is 9. The molecule has 8 heteroatoms. The summed E-state index contributed by atoms with van der Waals surface area (Å²) < 4.78 is 5.56. The van der Waals surface area contributed by atoms with Crippen LogP contribution in [-0.2, 0) is 11.3 Å². The maximum Gasteiger partial charge on any atom is 0.251 e. The number of carbonyl (C=O) groups excluding carboxylic acids is 1. The molecule has 31 heavy (non-hydrogen) atoms. The summed E-state index contributed by atoms with van der Waals surface area (Å²) >= 11 is 1.81. The van der Waals surface area contributed by atoms with Crippen molar-refractivity contribution in [3.05, 3.63) is 65.7 Å². The van der Waals surface area contributed by atoms with Gasteiger partial charge in [0.15, 0.2) is 5.96 Å². The Balaban J connectivity index is 0.00000341. The smallest absolute Gasteiger partial charge is 0.251 e. The Bertz CT molecular complexity index is 829. The number of ether oxygens (including phenoxy) is 1. The van der Waals surface area contributed by atoms with Crippen molar-refractivity contribution in [2.75, 3.05) is 32.5 Å². The molecule has 3 rings (SSSR count). The lowest BCUT2D eigenvalue weighted by molar-refractivity contribution is 0.0857. The van der Waals surface area contributed by atoms with Gasteiger partial charge in [0.05, 0.1) is 6.10 Å². The summed E-state index contributed by atoms with van der Waals surface area (Å²) in [4.78, 5) is 17.9. The average Bonchev–Trinajstić information content (AvgIpc) is 3.31. The Kier molecular flexibility index (Phi) is 11.8. The van der Waals surface area contributed by atoms with E-state index in [9.17, 15) is 4.79 Å². The first-order valence-electron chi connectivity index (χ1n) is 10.4. The zero-order valence-electron chi connectivity index (χ0n) is 17.8. The Morgan fingerprint density at radius 3 is 2.71 bits per heavy atom. The topological polar surface area (TPSA) is 74.8 Å². The van der Waals surface area contributed by atoms with Crippen molar-refractivity contribution in [2.45, 2.75) is 30.4 Å². The van der Waals surface area contributed by atoms with Crippen molar-refractivity contribution < 1.29 is 9.53 Å². The van der Waals surface area contributed by atoms with Gasteiger partial charge in [-0.1, -0.05) is 30.3 Å². The first-order chi connectivity index (χ1) is 14.7. The molecule has 6 nitrogen and oxygen atoms in total. The number of hydrogen-bond acceptors (Lipinski definition) is 4. The van der Waals surface area contributed by atoms with Crippen molar-refractivity contribution in [3.8, 4) is 0 Å². The Labute approximate surface area is 206 Å². The molecule has 0 saturated carbocycles. The van der Waals surface area contributed by atoms with E-state index in [1.165, 1.54) is 4.90 Å². The summed E-state index contributed by atoms with van der Waals surface area (Å²) in [7, 11) is 1.76. The molecule has 1 unspecified atom stereocenters. The number of amides is 1. The highest BCUT2D eigenvalue weighted by molar-refractivity contribution is 14.0. The van der Waals surface area contributed by atoms with E-state index in [4.69, 9.17) is 4.74 Å². The second-order valence-corrected chi connectivity index (χ2v) is 8.23. The molecule has 0 radical (unpaired) electrons. The number of aliphatic imine (C=N–C) groups is 1. The Morgan fingerprint density at radius 1 is 1.13 bits per heavy atom. The highest BCUT2D eigenvalue weighted by Crippen LogP contribution is 2.15. The van der Waals surface area contributed by atoms with Crippen LogP contribution in [0.5, 0.6) is 0 Å². The second-order valence-electron chi connectivity index (χ2n) is 7.06. The van der Waals surface area contributed by atoms with Crippen LogP contribution in [0.15, 0.2) is 64.5 Å². The third kappa shape index (κ3) is 9.08. The molecule has 1 saturated heterocycles. The minimum absolute atomic E-state index is 0. The quantitative estimate of drug-likeness (QED) is 0.145. The molecule has 2 aromatic carbocycles. The predicted octanol–water partition coefficient (Wildman–Crippen LogP) is 3.67. The van der Waals surface area contributed by atoms with E-state index in [2.05, 4.69) is 33.1 Å². The van der Waals surface area contributed by atoms with Gasteiger partial charge < -0.3 is 20.7 Å². The van der Waals surface area contributed by atoms with E-state index in [0.29, 0.717) is 18.7 Å². The summed E-state index contributed by atoms with van der Waals surface area (Å²) in [5.74, 6) is 1.63. The third-order valence-electron chi connectivity index (χ3n) is 4.79. The van der Waals surface area contributed by atoms with Gasteiger partial charge in [0, 0.05) is 49.5 Å². The number of halogens is 1. The molecule has 168 valence electrons. The van der Waals surface area contributed by atoms with Gasteiger partial charge in [0.1, 0.15) is 0 Å². The van der Waals surface area contributed by atoms with Crippen LogP contribution in [0.3, 0.4) is 0 Å². The highest BCUT2D eigenvalue weighted by Gasteiger charge is 2.16. The summed E-state index contributed by atoms with van der Waals surface area (Å²) in [5, 5.41) is 9.60. The minimum atomic E-state index is -0.0622. The van der Waals surface area contributed by atoms with Crippen LogP contribution < -0.4 is 16.0 Å². The third-order valence-corrected chi connectivity index (χ3v) is 5.81. The lowest BCUT2D eigenvalue weighted by Crippen LogP contribution is -2.38. The molecule has 1 amide bonds. The van der Waals surface area contributed by atoms with Gasteiger partial charge in [-0.05, 0) is 42.7 Å². The van der Waals surface area contributed by atoms with Crippen molar-refractivity contribution in [1.29, 1.82) is 0 Å². The lowest BCUT2D eigenvalue weighted by atomic mass is 10.1. The molecule has 3 N–H and O–H groups in total. The van der Waals surface area contributed by atoms with Crippen LogP contribution in [0, 0.1) is 0 Å². The van der Waals surface area contributed by atoms with Crippen molar-refractivity contribution >= 4 is 47.6 Å². The molecule has 0 aliphatic carbocycles. The molecule has 1 atom stereocenters. The predicted molar refractivity (Wildman–Crippen MR) is 139 cm³/mol. The zero-order chi connectivity index (χ0) is 21.0. The van der Waals surface area contributed by atoms with Crippen LogP contribution in [0.2, 0.25) is 0 Å². The van der Waals surface area contributed by atoms with E-state index in [-0.39, 0.29) is 36.0 Å². The molecule has 1 aliphatic heterocycles. The SMILES string of the molecule is CN=C(NCCSc1ccccc1)NCc1cccc(C(=O)NCC2CCCO2)c1.I. The fourth-order valence-electron chi connectivity index (χ4n) is 3.20. The van der Waals surface area contributed by atoms with E-state index in [1.54, 1.807) is 7.05 Å². The lowest BCUT2D eigenvalue weighted by Gasteiger charge is -2.13. The summed E-state index contributed by atoms with van der Waals surface area (Å²) in [6.45, 7) is 2.77. The summed E-state index contributed by atoms with van der Waals surface area (Å²) in [5.41, 5.74) is 1.69. The van der Waals surface area contributed by atoms with Gasteiger partial charge in [-0.3, -0.25) is 9.79 Å². The van der Waals surface area contributed by atoms with Gasteiger partial charge in [-0.15, -0.1) is 35.7 Å². The molecule has 1 fully saturated rings. The van der Waals surface area contributed by atoms with Gasteiger partial charge in [-0.2, -0.15) is 0 Å². The van der Waals surface area contributed by atoms with E-state index in [1.807, 2.05) is 54.2 Å². The first-order valence-corrected chi connectivity index (χ1v) is 11.3. The number of guanidine groups is 1. The van der Waals surface area contributed by atoms with E-state index >= 15 is 0 Å². The minimum Gasteiger partial charge on any atom is -0.376 e. The number of carbonyl (C=O) groups is 1.